The van der Waals surface area contributed by atoms with Crippen molar-refractivity contribution in [1.29, 1.82) is 0 Å². The summed E-state index contributed by atoms with van der Waals surface area (Å²) in [5.74, 6) is -1.26. The Morgan fingerprint density at radius 1 is 1.33 bits per heavy atom. The molecule has 2 atom stereocenters. The molecule has 1 aromatic rings. The van der Waals surface area contributed by atoms with Crippen molar-refractivity contribution >= 4 is 11.9 Å². The minimum atomic E-state index is -1.09. The fourth-order valence-corrected chi connectivity index (χ4v) is 2.56. The zero-order chi connectivity index (χ0) is 15.0. The Morgan fingerprint density at radius 3 is 2.90 bits per heavy atom. The lowest BCUT2D eigenvalue weighted by Gasteiger charge is -2.32. The van der Waals surface area contributed by atoms with Crippen LogP contribution in [-0.4, -0.2) is 53.8 Å². The van der Waals surface area contributed by atoms with Gasteiger partial charge in [0.2, 0.25) is 0 Å². The second-order valence-electron chi connectivity index (χ2n) is 5.04. The van der Waals surface area contributed by atoms with E-state index < -0.39 is 18.2 Å². The third kappa shape index (κ3) is 2.69. The van der Waals surface area contributed by atoms with Gasteiger partial charge in [-0.25, -0.2) is 9.18 Å². The maximum Gasteiger partial charge on any atom is 0.334 e. The molecular formula is C14H14FNO5. The van der Waals surface area contributed by atoms with E-state index in [1.54, 1.807) is 0 Å². The Kier molecular flexibility index (Phi) is 3.50. The summed E-state index contributed by atoms with van der Waals surface area (Å²) >= 11 is 0. The number of benzene rings is 1. The van der Waals surface area contributed by atoms with E-state index in [9.17, 15) is 14.0 Å². The molecule has 112 valence electrons. The number of halogens is 1. The molecule has 0 aliphatic carbocycles. The third-order valence-electron chi connectivity index (χ3n) is 3.63. The molecule has 6 nitrogen and oxygen atoms in total. The average Bonchev–Trinajstić information content (AvgIpc) is 2.89. The van der Waals surface area contributed by atoms with Gasteiger partial charge in [0.25, 0.3) is 5.91 Å². The second-order valence-corrected chi connectivity index (χ2v) is 5.04. The summed E-state index contributed by atoms with van der Waals surface area (Å²) < 4.78 is 23.8. The van der Waals surface area contributed by atoms with Crippen LogP contribution >= 0.6 is 0 Å². The number of amides is 1. The normalized spacial score (nSPS) is 24.3. The maximum absolute atomic E-state index is 13.2. The van der Waals surface area contributed by atoms with Crippen molar-refractivity contribution < 1.29 is 28.6 Å². The smallest absolute Gasteiger partial charge is 0.334 e. The summed E-state index contributed by atoms with van der Waals surface area (Å²) in [6.45, 7) is 0.503. The number of fused-ring (bicyclic) bond motifs is 1. The molecule has 2 aliphatic rings. The van der Waals surface area contributed by atoms with E-state index in [1.807, 2.05) is 0 Å². The van der Waals surface area contributed by atoms with Gasteiger partial charge in [0.1, 0.15) is 11.6 Å². The standard InChI is InChI=1S/C14H14FNO5/c15-9-1-2-10-8(5-9)6-11(21-10)13(17)16-3-4-20-12(7-16)14(18)19/h1-2,5,11-12H,3-4,6-7H2,(H,18,19)/t11-,12-/m1/s1. The molecule has 0 aromatic heterocycles. The molecular weight excluding hydrogens is 281 g/mol. The Balaban J connectivity index is 1.68. The number of aliphatic carboxylic acids is 1. The van der Waals surface area contributed by atoms with E-state index in [-0.39, 0.29) is 24.9 Å². The molecule has 1 fully saturated rings. The number of carboxylic acids is 1. The van der Waals surface area contributed by atoms with Crippen LogP contribution in [0.15, 0.2) is 18.2 Å². The van der Waals surface area contributed by atoms with Crippen LogP contribution in [0.25, 0.3) is 0 Å². The maximum atomic E-state index is 13.2. The van der Waals surface area contributed by atoms with Crippen LogP contribution in [0.4, 0.5) is 4.39 Å². The van der Waals surface area contributed by atoms with Crippen molar-refractivity contribution in [2.45, 2.75) is 18.6 Å². The van der Waals surface area contributed by atoms with Crippen molar-refractivity contribution in [3.8, 4) is 5.75 Å². The van der Waals surface area contributed by atoms with Crippen LogP contribution in [0.5, 0.6) is 5.75 Å². The molecule has 0 bridgehead atoms. The lowest BCUT2D eigenvalue weighted by Crippen LogP contribution is -2.52. The summed E-state index contributed by atoms with van der Waals surface area (Å²) in [5, 5.41) is 8.94. The highest BCUT2D eigenvalue weighted by atomic mass is 19.1. The first-order chi connectivity index (χ1) is 10.0. The van der Waals surface area contributed by atoms with Gasteiger partial charge in [-0.1, -0.05) is 0 Å². The number of morpholine rings is 1. The lowest BCUT2D eigenvalue weighted by atomic mass is 10.1. The van der Waals surface area contributed by atoms with Crippen LogP contribution in [0.1, 0.15) is 5.56 Å². The van der Waals surface area contributed by atoms with Crippen LogP contribution in [0.3, 0.4) is 0 Å². The highest BCUT2D eigenvalue weighted by molar-refractivity contribution is 5.83. The first kappa shape index (κ1) is 13.8. The van der Waals surface area contributed by atoms with Gasteiger partial charge in [-0.3, -0.25) is 4.79 Å². The molecule has 0 spiro atoms. The van der Waals surface area contributed by atoms with Crippen LogP contribution in [0, 0.1) is 5.82 Å². The van der Waals surface area contributed by atoms with Crippen molar-refractivity contribution in [2.75, 3.05) is 19.7 Å². The molecule has 1 saturated heterocycles. The predicted octanol–water partition coefficient (Wildman–Crippen LogP) is 0.441. The molecule has 3 rings (SSSR count). The van der Waals surface area contributed by atoms with Gasteiger partial charge >= 0.3 is 5.97 Å². The van der Waals surface area contributed by atoms with Crippen LogP contribution < -0.4 is 4.74 Å². The summed E-state index contributed by atoms with van der Waals surface area (Å²) in [6.07, 6.45) is -1.45. The lowest BCUT2D eigenvalue weighted by molar-refractivity contribution is -0.161. The van der Waals surface area contributed by atoms with Gasteiger partial charge in [0, 0.05) is 18.5 Å². The van der Waals surface area contributed by atoms with Crippen molar-refractivity contribution in [3.05, 3.63) is 29.6 Å². The molecule has 1 amide bonds. The Hall–Kier alpha value is -2.15. The monoisotopic (exact) mass is 295 g/mol. The van der Waals surface area contributed by atoms with Gasteiger partial charge in [-0.15, -0.1) is 0 Å². The molecule has 1 aromatic carbocycles. The second kappa shape index (κ2) is 5.33. The zero-order valence-corrected chi connectivity index (χ0v) is 11.1. The number of ether oxygens (including phenoxy) is 2. The Labute approximate surface area is 120 Å². The largest absolute Gasteiger partial charge is 0.480 e. The molecule has 7 heteroatoms. The summed E-state index contributed by atoms with van der Waals surface area (Å²) in [6, 6.07) is 4.13. The van der Waals surface area contributed by atoms with Gasteiger partial charge in [0.05, 0.1) is 13.2 Å². The predicted molar refractivity (Wildman–Crippen MR) is 68.5 cm³/mol. The molecule has 21 heavy (non-hydrogen) atoms. The minimum Gasteiger partial charge on any atom is -0.480 e. The third-order valence-corrected chi connectivity index (χ3v) is 3.63. The minimum absolute atomic E-state index is 0.00126. The zero-order valence-electron chi connectivity index (χ0n) is 11.1. The Morgan fingerprint density at radius 2 is 2.14 bits per heavy atom. The highest BCUT2D eigenvalue weighted by Gasteiger charge is 2.36. The average molecular weight is 295 g/mol. The fourth-order valence-electron chi connectivity index (χ4n) is 2.56. The van der Waals surface area contributed by atoms with E-state index in [2.05, 4.69) is 0 Å². The van der Waals surface area contributed by atoms with Gasteiger partial charge in [0.15, 0.2) is 12.2 Å². The van der Waals surface area contributed by atoms with Crippen LogP contribution in [-0.2, 0) is 20.7 Å². The van der Waals surface area contributed by atoms with E-state index in [0.717, 1.165) is 0 Å². The number of rotatable bonds is 2. The topological polar surface area (TPSA) is 76.1 Å². The summed E-state index contributed by atoms with van der Waals surface area (Å²) in [5.41, 5.74) is 0.649. The number of carbonyl (C=O) groups is 2. The van der Waals surface area contributed by atoms with Crippen molar-refractivity contribution in [1.82, 2.24) is 4.90 Å². The quantitative estimate of drug-likeness (QED) is 0.857. The van der Waals surface area contributed by atoms with Crippen molar-refractivity contribution in [3.63, 3.8) is 0 Å². The molecule has 0 radical (unpaired) electrons. The first-order valence-electron chi connectivity index (χ1n) is 6.63. The SMILES string of the molecule is O=C(O)[C@H]1CN(C(=O)[C@H]2Cc3cc(F)ccc3O2)CCO1. The van der Waals surface area contributed by atoms with Gasteiger partial charge in [-0.05, 0) is 18.2 Å². The number of nitrogens with zero attached hydrogens (tertiary/aromatic N) is 1. The van der Waals surface area contributed by atoms with E-state index in [0.29, 0.717) is 24.3 Å². The highest BCUT2D eigenvalue weighted by Crippen LogP contribution is 2.30. The van der Waals surface area contributed by atoms with Crippen LogP contribution in [0.2, 0.25) is 0 Å². The van der Waals surface area contributed by atoms with E-state index in [1.165, 1.54) is 23.1 Å². The summed E-state index contributed by atoms with van der Waals surface area (Å²) in [4.78, 5) is 24.7. The molecule has 0 unspecified atom stereocenters. The first-order valence-corrected chi connectivity index (χ1v) is 6.63. The van der Waals surface area contributed by atoms with Gasteiger partial charge in [-0.2, -0.15) is 0 Å². The number of hydrogen-bond acceptors (Lipinski definition) is 4. The molecule has 2 aliphatic heterocycles. The van der Waals surface area contributed by atoms with E-state index in [4.69, 9.17) is 14.6 Å². The summed E-state index contributed by atoms with van der Waals surface area (Å²) in [7, 11) is 0. The molecule has 1 N–H and O–H groups in total. The molecule has 2 heterocycles. The molecule has 0 saturated carbocycles. The number of hydrogen-bond donors (Lipinski definition) is 1. The number of carboxylic acid groups (broad SMARTS) is 1. The van der Waals surface area contributed by atoms with Crippen molar-refractivity contribution in [2.24, 2.45) is 0 Å². The van der Waals surface area contributed by atoms with Gasteiger partial charge < -0.3 is 19.5 Å². The number of carbonyl (C=O) groups excluding carboxylic acids is 1. The fraction of sp³-hybridized carbons (Fsp3) is 0.429. The van der Waals surface area contributed by atoms with E-state index >= 15 is 0 Å². The Bertz CT molecular complexity index is 591.